The van der Waals surface area contributed by atoms with Crippen LogP contribution in [-0.4, -0.2) is 72.5 Å². The van der Waals surface area contributed by atoms with Gasteiger partial charge in [-0.3, -0.25) is 9.89 Å². The quantitative estimate of drug-likeness (QED) is 0.391. The third-order valence-corrected chi connectivity index (χ3v) is 3.70. The monoisotopic (exact) mass is 470 g/mol. The van der Waals surface area contributed by atoms with Gasteiger partial charge in [0.05, 0.1) is 18.7 Å². The Kier molecular flexibility index (Phi) is 8.96. The van der Waals surface area contributed by atoms with Crippen LogP contribution in [0.4, 0.5) is 4.79 Å². The van der Waals surface area contributed by atoms with Gasteiger partial charge in [-0.05, 0) is 48.5 Å². The molecule has 0 bridgehead atoms. The van der Waals surface area contributed by atoms with E-state index in [1.54, 1.807) is 4.90 Å². The Labute approximate surface area is 169 Å². The standard InChI is InChI=1S/C17H34N4O3.HI/c1-10-18-14(20(8)9)19-11-13-12(2)23-17(6,7)21(13)15(22)24-16(3,4)5;/h12-13H,10-11H2,1-9H3,(H,18,19);1H. The summed E-state index contributed by atoms with van der Waals surface area (Å²) in [6, 6.07) is -0.177. The summed E-state index contributed by atoms with van der Waals surface area (Å²) in [5.74, 6) is 0.790. The molecule has 1 aliphatic heterocycles. The molecule has 0 aromatic rings. The van der Waals surface area contributed by atoms with Gasteiger partial charge in [0.15, 0.2) is 5.96 Å². The largest absolute Gasteiger partial charge is 0.444 e. The number of guanidine groups is 1. The van der Waals surface area contributed by atoms with E-state index in [2.05, 4.69) is 10.3 Å². The van der Waals surface area contributed by atoms with Crippen molar-refractivity contribution in [2.45, 2.75) is 71.9 Å². The van der Waals surface area contributed by atoms with Crippen molar-refractivity contribution in [3.05, 3.63) is 0 Å². The van der Waals surface area contributed by atoms with Crippen molar-refractivity contribution in [1.82, 2.24) is 15.1 Å². The minimum Gasteiger partial charge on any atom is -0.444 e. The van der Waals surface area contributed by atoms with Crippen molar-refractivity contribution in [2.24, 2.45) is 4.99 Å². The second-order valence-electron chi connectivity index (χ2n) is 7.78. The number of carbonyl (C=O) groups is 1. The lowest BCUT2D eigenvalue weighted by Crippen LogP contribution is -2.51. The fourth-order valence-corrected chi connectivity index (χ4v) is 2.79. The molecule has 0 aromatic carbocycles. The fourth-order valence-electron chi connectivity index (χ4n) is 2.79. The molecule has 1 N–H and O–H groups in total. The highest BCUT2D eigenvalue weighted by Crippen LogP contribution is 2.33. The molecule has 1 fully saturated rings. The maximum absolute atomic E-state index is 12.7. The number of ether oxygens (including phenoxy) is 2. The molecule has 0 aromatic heterocycles. The van der Waals surface area contributed by atoms with Gasteiger partial charge in [-0.1, -0.05) is 0 Å². The number of carbonyl (C=O) groups excluding carboxylic acids is 1. The summed E-state index contributed by atoms with van der Waals surface area (Å²) < 4.78 is 11.6. The van der Waals surface area contributed by atoms with E-state index in [9.17, 15) is 4.79 Å². The molecule has 1 rings (SSSR count). The van der Waals surface area contributed by atoms with Gasteiger partial charge in [0.25, 0.3) is 0 Å². The van der Waals surface area contributed by atoms with Gasteiger partial charge in [0, 0.05) is 20.6 Å². The number of hydrogen-bond acceptors (Lipinski definition) is 4. The van der Waals surface area contributed by atoms with Gasteiger partial charge < -0.3 is 19.7 Å². The molecular weight excluding hydrogens is 435 g/mol. The third kappa shape index (κ3) is 6.80. The zero-order valence-corrected chi connectivity index (χ0v) is 19.4. The summed E-state index contributed by atoms with van der Waals surface area (Å²) >= 11 is 0. The number of nitrogens with one attached hydrogen (secondary N) is 1. The van der Waals surface area contributed by atoms with E-state index in [0.717, 1.165) is 12.5 Å². The third-order valence-electron chi connectivity index (χ3n) is 3.70. The van der Waals surface area contributed by atoms with Crippen LogP contribution in [0.3, 0.4) is 0 Å². The molecule has 2 atom stereocenters. The smallest absolute Gasteiger partial charge is 0.412 e. The number of rotatable bonds is 3. The van der Waals surface area contributed by atoms with Crippen molar-refractivity contribution < 1.29 is 14.3 Å². The molecule has 0 saturated carbocycles. The normalized spacial score (nSPS) is 23.1. The van der Waals surface area contributed by atoms with Crippen molar-refractivity contribution in [1.29, 1.82) is 0 Å². The average Bonchev–Trinajstić information content (AvgIpc) is 2.61. The van der Waals surface area contributed by atoms with Crippen LogP contribution in [0.25, 0.3) is 0 Å². The number of nitrogens with zero attached hydrogens (tertiary/aromatic N) is 3. The first-order valence-electron chi connectivity index (χ1n) is 8.55. The summed E-state index contributed by atoms with van der Waals surface area (Å²) in [5, 5.41) is 3.22. The number of hydrogen-bond donors (Lipinski definition) is 1. The minimum absolute atomic E-state index is 0. The molecule has 1 aliphatic rings. The van der Waals surface area contributed by atoms with Crippen LogP contribution in [-0.2, 0) is 9.47 Å². The fraction of sp³-hybridized carbons (Fsp3) is 0.882. The lowest BCUT2D eigenvalue weighted by molar-refractivity contribution is -0.0755. The SMILES string of the molecule is CCNC(=NCC1C(C)OC(C)(C)N1C(=O)OC(C)(C)C)N(C)C.I. The summed E-state index contributed by atoms with van der Waals surface area (Å²) in [5.41, 5.74) is -1.27. The second-order valence-corrected chi connectivity index (χ2v) is 7.78. The summed E-state index contributed by atoms with van der Waals surface area (Å²) in [7, 11) is 3.87. The van der Waals surface area contributed by atoms with Crippen LogP contribution >= 0.6 is 24.0 Å². The predicted molar refractivity (Wildman–Crippen MR) is 112 cm³/mol. The second kappa shape index (κ2) is 9.25. The number of amides is 1. The molecule has 7 nitrogen and oxygen atoms in total. The van der Waals surface area contributed by atoms with Crippen LogP contribution in [0.5, 0.6) is 0 Å². The van der Waals surface area contributed by atoms with Gasteiger partial charge >= 0.3 is 6.09 Å². The van der Waals surface area contributed by atoms with Crippen molar-refractivity contribution in [2.75, 3.05) is 27.2 Å². The van der Waals surface area contributed by atoms with Gasteiger partial charge in [0.2, 0.25) is 0 Å². The molecule has 0 aliphatic carbocycles. The van der Waals surface area contributed by atoms with Gasteiger partial charge in [0.1, 0.15) is 11.3 Å². The summed E-state index contributed by atoms with van der Waals surface area (Å²) in [6.07, 6.45) is -0.492. The van der Waals surface area contributed by atoms with E-state index in [-0.39, 0.29) is 42.2 Å². The van der Waals surface area contributed by atoms with E-state index < -0.39 is 11.3 Å². The van der Waals surface area contributed by atoms with Gasteiger partial charge in [-0.25, -0.2) is 4.79 Å². The Bertz CT molecular complexity index is 475. The summed E-state index contributed by atoms with van der Waals surface area (Å²) in [6.45, 7) is 14.6. The zero-order chi connectivity index (χ0) is 18.7. The van der Waals surface area contributed by atoms with Crippen LogP contribution in [0.15, 0.2) is 4.99 Å². The molecule has 1 saturated heterocycles. The molecule has 1 heterocycles. The average molecular weight is 470 g/mol. The molecule has 0 radical (unpaired) electrons. The summed E-state index contributed by atoms with van der Waals surface area (Å²) in [4.78, 5) is 20.9. The van der Waals surface area contributed by atoms with Gasteiger partial charge in [-0.15, -0.1) is 24.0 Å². The first-order chi connectivity index (χ1) is 10.9. The number of aliphatic imine (C=N–C) groups is 1. The van der Waals surface area contributed by atoms with Crippen LogP contribution in [0.1, 0.15) is 48.5 Å². The van der Waals surface area contributed by atoms with Crippen molar-refractivity contribution in [3.63, 3.8) is 0 Å². The minimum atomic E-state index is -0.724. The maximum Gasteiger partial charge on any atom is 0.412 e. The van der Waals surface area contributed by atoms with Crippen LogP contribution < -0.4 is 5.32 Å². The Morgan fingerprint density at radius 1 is 1.36 bits per heavy atom. The first-order valence-corrected chi connectivity index (χ1v) is 8.55. The molecule has 25 heavy (non-hydrogen) atoms. The van der Waals surface area contributed by atoms with Crippen LogP contribution in [0, 0.1) is 0 Å². The van der Waals surface area contributed by atoms with E-state index in [1.807, 2.05) is 67.5 Å². The van der Waals surface area contributed by atoms with E-state index >= 15 is 0 Å². The predicted octanol–water partition coefficient (Wildman–Crippen LogP) is 2.89. The highest BCUT2D eigenvalue weighted by Gasteiger charge is 2.49. The van der Waals surface area contributed by atoms with Crippen LogP contribution in [0.2, 0.25) is 0 Å². The Hall–Kier alpha value is -0.770. The Balaban J connectivity index is 0.00000576. The molecule has 0 spiro atoms. The van der Waals surface area contributed by atoms with Gasteiger partial charge in [-0.2, -0.15) is 0 Å². The molecular formula is C17H35IN4O3. The first kappa shape index (κ1) is 24.2. The topological polar surface area (TPSA) is 66.4 Å². The van der Waals surface area contributed by atoms with E-state index in [1.165, 1.54) is 0 Å². The lowest BCUT2D eigenvalue weighted by atomic mass is 10.1. The van der Waals surface area contributed by atoms with E-state index in [4.69, 9.17) is 9.47 Å². The van der Waals surface area contributed by atoms with Crippen molar-refractivity contribution in [3.8, 4) is 0 Å². The Morgan fingerprint density at radius 2 is 1.92 bits per heavy atom. The zero-order valence-electron chi connectivity index (χ0n) is 17.0. The Morgan fingerprint density at radius 3 is 2.36 bits per heavy atom. The molecule has 148 valence electrons. The van der Waals surface area contributed by atoms with E-state index in [0.29, 0.717) is 6.54 Å². The maximum atomic E-state index is 12.7. The number of halogens is 1. The molecule has 1 amide bonds. The highest BCUT2D eigenvalue weighted by atomic mass is 127. The molecule has 2 unspecified atom stereocenters. The van der Waals surface area contributed by atoms with Crippen molar-refractivity contribution >= 4 is 36.0 Å². The molecule has 8 heteroatoms. The highest BCUT2D eigenvalue weighted by molar-refractivity contribution is 14.0. The lowest BCUT2D eigenvalue weighted by Gasteiger charge is -2.34.